The van der Waals surface area contributed by atoms with Crippen LogP contribution in [0, 0.1) is 5.92 Å². The molecule has 112 valence electrons. The van der Waals surface area contributed by atoms with Crippen LogP contribution in [-0.4, -0.2) is 25.7 Å². The van der Waals surface area contributed by atoms with E-state index in [0.29, 0.717) is 13.2 Å². The monoisotopic (exact) mass is 321 g/mol. The molecule has 1 aliphatic heterocycles. The molecule has 0 bridgehead atoms. The second kappa shape index (κ2) is 7.20. The highest BCUT2D eigenvalue weighted by molar-refractivity contribution is 7.16. The van der Waals surface area contributed by atoms with Gasteiger partial charge in [0.15, 0.2) is 0 Å². The molecule has 1 N–H and O–H groups in total. The third-order valence-electron chi connectivity index (χ3n) is 3.73. The molecule has 5 heteroatoms. The first-order valence-corrected chi connectivity index (χ1v) is 9.05. The lowest BCUT2D eigenvalue weighted by Gasteiger charge is -2.21. The number of hydrogen-bond acceptors (Lipinski definition) is 4. The van der Waals surface area contributed by atoms with E-state index in [4.69, 9.17) is 4.74 Å². The standard InChI is InChI=1S/C16H19NO2S2/c18-16(12-4-8-19-9-5-12)17-7-3-14-1-2-15(21-14)13-6-10-20-11-13/h1-2,6,10-12H,3-5,7-9H2,(H,17,18). The minimum Gasteiger partial charge on any atom is -0.381 e. The predicted octanol–water partition coefficient (Wildman–Crippen LogP) is 3.56. The van der Waals surface area contributed by atoms with E-state index in [1.165, 1.54) is 15.3 Å². The summed E-state index contributed by atoms with van der Waals surface area (Å²) in [6.45, 7) is 2.15. The number of hydrogen-bond donors (Lipinski definition) is 1. The van der Waals surface area contributed by atoms with Crippen LogP contribution in [0.15, 0.2) is 29.0 Å². The van der Waals surface area contributed by atoms with Gasteiger partial charge >= 0.3 is 0 Å². The topological polar surface area (TPSA) is 38.3 Å². The SMILES string of the molecule is O=C(NCCc1ccc(-c2ccsc2)s1)C1CCOCC1. The number of carbonyl (C=O) groups is 1. The van der Waals surface area contributed by atoms with E-state index in [1.54, 1.807) is 11.3 Å². The van der Waals surface area contributed by atoms with Crippen LogP contribution in [0.2, 0.25) is 0 Å². The van der Waals surface area contributed by atoms with Gasteiger partial charge in [-0.3, -0.25) is 4.79 Å². The van der Waals surface area contributed by atoms with Gasteiger partial charge in [-0.05, 0) is 48.2 Å². The van der Waals surface area contributed by atoms with E-state index in [0.717, 1.165) is 25.8 Å². The molecular weight excluding hydrogens is 302 g/mol. The van der Waals surface area contributed by atoms with Crippen LogP contribution < -0.4 is 5.32 Å². The molecule has 0 unspecified atom stereocenters. The summed E-state index contributed by atoms with van der Waals surface area (Å²) in [5.74, 6) is 0.330. The number of rotatable bonds is 5. The van der Waals surface area contributed by atoms with E-state index in [9.17, 15) is 4.79 Å². The molecule has 1 saturated heterocycles. The first kappa shape index (κ1) is 14.8. The van der Waals surface area contributed by atoms with Crippen molar-refractivity contribution in [2.75, 3.05) is 19.8 Å². The molecule has 3 nitrogen and oxygen atoms in total. The average Bonchev–Trinajstić information content (AvgIpc) is 3.19. The minimum absolute atomic E-state index is 0.142. The summed E-state index contributed by atoms with van der Waals surface area (Å²) in [6, 6.07) is 6.48. The van der Waals surface area contributed by atoms with Crippen LogP contribution in [0.25, 0.3) is 10.4 Å². The summed E-state index contributed by atoms with van der Waals surface area (Å²) in [6.07, 6.45) is 2.62. The number of amides is 1. The van der Waals surface area contributed by atoms with Crippen LogP contribution in [-0.2, 0) is 16.0 Å². The average molecular weight is 321 g/mol. The van der Waals surface area contributed by atoms with Gasteiger partial charge in [0.1, 0.15) is 0 Å². The zero-order valence-electron chi connectivity index (χ0n) is 11.8. The van der Waals surface area contributed by atoms with Crippen molar-refractivity contribution in [1.29, 1.82) is 0 Å². The van der Waals surface area contributed by atoms with Crippen molar-refractivity contribution in [3.05, 3.63) is 33.8 Å². The van der Waals surface area contributed by atoms with Gasteiger partial charge in [-0.1, -0.05) is 0 Å². The van der Waals surface area contributed by atoms with E-state index in [1.807, 2.05) is 11.3 Å². The molecule has 3 rings (SSSR count). The molecule has 0 saturated carbocycles. The number of carbonyl (C=O) groups excluding carboxylic acids is 1. The number of thiophene rings is 2. The summed E-state index contributed by atoms with van der Waals surface area (Å²) in [4.78, 5) is 14.6. The van der Waals surface area contributed by atoms with E-state index < -0.39 is 0 Å². The fraction of sp³-hybridized carbons (Fsp3) is 0.438. The van der Waals surface area contributed by atoms with Crippen molar-refractivity contribution in [3.63, 3.8) is 0 Å². The molecule has 1 fully saturated rings. The maximum absolute atomic E-state index is 12.0. The first-order valence-electron chi connectivity index (χ1n) is 7.29. The summed E-state index contributed by atoms with van der Waals surface area (Å²) in [5.41, 5.74) is 1.29. The van der Waals surface area contributed by atoms with E-state index >= 15 is 0 Å². The Morgan fingerprint density at radius 1 is 1.29 bits per heavy atom. The first-order chi connectivity index (χ1) is 10.3. The second-order valence-electron chi connectivity index (χ2n) is 5.21. The summed E-state index contributed by atoms with van der Waals surface area (Å²) >= 11 is 3.53. The Hall–Kier alpha value is -1.17. The molecule has 3 heterocycles. The van der Waals surface area contributed by atoms with Gasteiger partial charge in [-0.25, -0.2) is 0 Å². The maximum Gasteiger partial charge on any atom is 0.223 e. The van der Waals surface area contributed by atoms with Crippen molar-refractivity contribution in [2.24, 2.45) is 5.92 Å². The Balaban J connectivity index is 1.46. The van der Waals surface area contributed by atoms with Crippen LogP contribution in [0.3, 0.4) is 0 Å². The Labute approximate surface area is 133 Å². The second-order valence-corrected chi connectivity index (χ2v) is 7.15. The van der Waals surface area contributed by atoms with Crippen LogP contribution in [0.5, 0.6) is 0 Å². The Morgan fingerprint density at radius 2 is 2.14 bits per heavy atom. The number of nitrogens with one attached hydrogen (secondary N) is 1. The maximum atomic E-state index is 12.0. The zero-order chi connectivity index (χ0) is 14.5. The molecule has 0 spiro atoms. The smallest absolute Gasteiger partial charge is 0.223 e. The van der Waals surface area contributed by atoms with Crippen molar-refractivity contribution in [3.8, 4) is 10.4 Å². The Bertz CT molecular complexity index is 571. The lowest BCUT2D eigenvalue weighted by molar-refractivity contribution is -0.127. The molecule has 0 atom stereocenters. The molecular formula is C16H19NO2S2. The van der Waals surface area contributed by atoms with Gasteiger partial charge in [0.2, 0.25) is 5.91 Å². The quantitative estimate of drug-likeness (QED) is 0.914. The van der Waals surface area contributed by atoms with Crippen molar-refractivity contribution >= 4 is 28.6 Å². The molecule has 0 aromatic carbocycles. The van der Waals surface area contributed by atoms with E-state index in [-0.39, 0.29) is 11.8 Å². The molecule has 0 aliphatic carbocycles. The summed E-state index contributed by atoms with van der Waals surface area (Å²) in [7, 11) is 0. The van der Waals surface area contributed by atoms with Gasteiger partial charge in [-0.2, -0.15) is 11.3 Å². The molecule has 2 aromatic heterocycles. The number of ether oxygens (including phenoxy) is 1. The van der Waals surface area contributed by atoms with E-state index in [2.05, 4.69) is 34.3 Å². The molecule has 1 amide bonds. The van der Waals surface area contributed by atoms with Crippen LogP contribution in [0.4, 0.5) is 0 Å². The summed E-state index contributed by atoms with van der Waals surface area (Å²) in [5, 5.41) is 7.33. The van der Waals surface area contributed by atoms with Gasteiger partial charge < -0.3 is 10.1 Å². The molecule has 0 radical (unpaired) electrons. The van der Waals surface area contributed by atoms with Crippen molar-refractivity contribution in [2.45, 2.75) is 19.3 Å². The van der Waals surface area contributed by atoms with Crippen molar-refractivity contribution in [1.82, 2.24) is 5.32 Å². The molecule has 1 aliphatic rings. The lowest BCUT2D eigenvalue weighted by Crippen LogP contribution is -2.35. The minimum atomic E-state index is 0.142. The highest BCUT2D eigenvalue weighted by atomic mass is 32.1. The predicted molar refractivity (Wildman–Crippen MR) is 87.9 cm³/mol. The van der Waals surface area contributed by atoms with Gasteiger partial charge in [0.05, 0.1) is 0 Å². The largest absolute Gasteiger partial charge is 0.381 e. The van der Waals surface area contributed by atoms with Crippen LogP contribution >= 0.6 is 22.7 Å². The highest BCUT2D eigenvalue weighted by Gasteiger charge is 2.20. The Morgan fingerprint density at radius 3 is 2.90 bits per heavy atom. The van der Waals surface area contributed by atoms with Gasteiger partial charge in [0.25, 0.3) is 0 Å². The normalized spacial score (nSPS) is 16.0. The Kier molecular flexibility index (Phi) is 5.06. The fourth-order valence-electron chi connectivity index (χ4n) is 2.49. The van der Waals surface area contributed by atoms with Crippen molar-refractivity contribution < 1.29 is 9.53 Å². The molecule has 21 heavy (non-hydrogen) atoms. The zero-order valence-corrected chi connectivity index (χ0v) is 13.5. The fourth-order valence-corrected chi connectivity index (χ4v) is 4.22. The van der Waals surface area contributed by atoms with Gasteiger partial charge in [0, 0.05) is 41.0 Å². The summed E-state index contributed by atoms with van der Waals surface area (Å²) < 4.78 is 5.28. The third kappa shape index (κ3) is 3.93. The third-order valence-corrected chi connectivity index (χ3v) is 5.61. The van der Waals surface area contributed by atoms with Gasteiger partial charge in [-0.15, -0.1) is 11.3 Å². The van der Waals surface area contributed by atoms with Crippen LogP contribution in [0.1, 0.15) is 17.7 Å². The lowest BCUT2D eigenvalue weighted by atomic mass is 9.99. The highest BCUT2D eigenvalue weighted by Crippen LogP contribution is 2.29. The molecule has 2 aromatic rings.